The lowest BCUT2D eigenvalue weighted by Gasteiger charge is -2.32. The molecule has 2 amide bonds. The molecule has 0 heterocycles. The van der Waals surface area contributed by atoms with Crippen LogP contribution in [-0.4, -0.2) is 35.4 Å². The number of ether oxygens (including phenoxy) is 1. The van der Waals surface area contributed by atoms with Gasteiger partial charge in [-0.05, 0) is 54.8 Å². The molecule has 0 saturated carbocycles. The lowest BCUT2D eigenvalue weighted by atomic mass is 10.0. The number of carbonyl (C=O) groups excluding carboxylic acids is 2. The maximum atomic E-state index is 13.7. The van der Waals surface area contributed by atoms with Gasteiger partial charge in [0.15, 0.2) is 6.61 Å². The maximum Gasteiger partial charge on any atom is 0.261 e. The molecule has 0 aromatic heterocycles. The van der Waals surface area contributed by atoms with E-state index in [9.17, 15) is 9.59 Å². The zero-order chi connectivity index (χ0) is 26.9. The number of carbonyl (C=O) groups is 2. The normalized spacial score (nSPS) is 12.5. The van der Waals surface area contributed by atoms with Crippen molar-refractivity contribution in [2.45, 2.75) is 45.3 Å². The Morgan fingerprint density at radius 2 is 1.68 bits per heavy atom. The number of hydrogen-bond acceptors (Lipinski definition) is 3. The molecule has 0 aliphatic rings. The molecular formula is C28H28BrCl3N2O3. The first-order chi connectivity index (χ1) is 17.7. The van der Waals surface area contributed by atoms with Gasteiger partial charge >= 0.3 is 0 Å². The lowest BCUT2D eigenvalue weighted by molar-refractivity contribution is -0.143. The summed E-state index contributed by atoms with van der Waals surface area (Å²) >= 11 is 22.0. The van der Waals surface area contributed by atoms with Gasteiger partial charge in [-0.15, -0.1) is 0 Å². The third-order valence-electron chi connectivity index (χ3n) is 5.85. The van der Waals surface area contributed by atoms with Crippen molar-refractivity contribution in [1.82, 2.24) is 10.2 Å². The number of amides is 2. The number of hydrogen-bond donors (Lipinski definition) is 1. The summed E-state index contributed by atoms with van der Waals surface area (Å²) in [4.78, 5) is 28.7. The molecule has 0 spiro atoms. The number of benzene rings is 3. The second kappa shape index (κ2) is 14.1. The van der Waals surface area contributed by atoms with Crippen LogP contribution in [0.2, 0.25) is 15.1 Å². The van der Waals surface area contributed by atoms with Gasteiger partial charge < -0.3 is 15.0 Å². The molecule has 0 bridgehead atoms. The van der Waals surface area contributed by atoms with Crippen LogP contribution in [0.3, 0.4) is 0 Å². The first-order valence-electron chi connectivity index (χ1n) is 11.8. The molecule has 0 saturated heterocycles. The van der Waals surface area contributed by atoms with Crippen LogP contribution >= 0.6 is 50.7 Å². The predicted molar refractivity (Wildman–Crippen MR) is 153 cm³/mol. The van der Waals surface area contributed by atoms with E-state index in [-0.39, 0.29) is 31.0 Å². The average molecular weight is 627 g/mol. The number of rotatable bonds is 11. The van der Waals surface area contributed by atoms with Gasteiger partial charge in [0.25, 0.3) is 5.91 Å². The molecule has 0 fully saturated rings. The number of nitrogens with zero attached hydrogens (tertiary/aromatic N) is 1. The second-order valence-electron chi connectivity index (χ2n) is 8.66. The Kier molecular flexibility index (Phi) is 11.1. The fourth-order valence-electron chi connectivity index (χ4n) is 3.64. The molecule has 3 rings (SSSR count). The Morgan fingerprint density at radius 1 is 0.946 bits per heavy atom. The molecule has 0 aliphatic carbocycles. The predicted octanol–water partition coefficient (Wildman–Crippen LogP) is 7.34. The highest BCUT2D eigenvalue weighted by molar-refractivity contribution is 9.10. The fourth-order valence-corrected chi connectivity index (χ4v) is 4.69. The van der Waals surface area contributed by atoms with Gasteiger partial charge in [-0.3, -0.25) is 9.59 Å². The Bertz CT molecular complexity index is 1230. The highest BCUT2D eigenvalue weighted by atomic mass is 79.9. The van der Waals surface area contributed by atoms with E-state index < -0.39 is 6.04 Å². The van der Waals surface area contributed by atoms with Gasteiger partial charge in [-0.2, -0.15) is 0 Å². The highest BCUT2D eigenvalue weighted by Crippen LogP contribution is 2.28. The molecule has 0 aliphatic heterocycles. The Morgan fingerprint density at radius 3 is 2.32 bits per heavy atom. The van der Waals surface area contributed by atoms with E-state index in [1.54, 1.807) is 36.4 Å². The van der Waals surface area contributed by atoms with Crippen LogP contribution in [0.4, 0.5) is 0 Å². The van der Waals surface area contributed by atoms with Crippen LogP contribution in [0.25, 0.3) is 0 Å². The van der Waals surface area contributed by atoms with Crippen molar-refractivity contribution in [3.05, 3.63) is 97.4 Å². The first kappa shape index (κ1) is 29.3. The second-order valence-corrected chi connectivity index (χ2v) is 10.8. The molecule has 196 valence electrons. The molecule has 5 nitrogen and oxygen atoms in total. The molecule has 3 aromatic rings. The van der Waals surface area contributed by atoms with Crippen molar-refractivity contribution in [2.75, 3.05) is 6.61 Å². The van der Waals surface area contributed by atoms with Crippen molar-refractivity contribution in [3.8, 4) is 5.75 Å². The van der Waals surface area contributed by atoms with Crippen molar-refractivity contribution in [3.63, 3.8) is 0 Å². The van der Waals surface area contributed by atoms with Crippen LogP contribution in [0.5, 0.6) is 5.75 Å². The minimum Gasteiger partial charge on any atom is -0.482 e. The van der Waals surface area contributed by atoms with Gasteiger partial charge in [0.1, 0.15) is 11.8 Å². The average Bonchev–Trinajstić information content (AvgIpc) is 2.88. The van der Waals surface area contributed by atoms with Gasteiger partial charge in [-0.25, -0.2) is 0 Å². The number of nitrogens with one attached hydrogen (secondary N) is 1. The van der Waals surface area contributed by atoms with Gasteiger partial charge in [0.05, 0.1) is 15.1 Å². The molecule has 2 atom stereocenters. The highest BCUT2D eigenvalue weighted by Gasteiger charge is 2.31. The summed E-state index contributed by atoms with van der Waals surface area (Å²) in [7, 11) is 0. The minimum atomic E-state index is -0.789. The van der Waals surface area contributed by atoms with E-state index in [1.807, 2.05) is 44.2 Å². The lowest BCUT2D eigenvalue weighted by Crippen LogP contribution is -2.53. The summed E-state index contributed by atoms with van der Waals surface area (Å²) in [5.74, 6) is -0.241. The summed E-state index contributed by atoms with van der Waals surface area (Å²) in [5.41, 5.74) is 1.66. The van der Waals surface area contributed by atoms with Crippen molar-refractivity contribution in [2.24, 2.45) is 0 Å². The smallest absolute Gasteiger partial charge is 0.261 e. The van der Waals surface area contributed by atoms with E-state index in [2.05, 4.69) is 21.2 Å². The van der Waals surface area contributed by atoms with Crippen LogP contribution in [0, 0.1) is 0 Å². The van der Waals surface area contributed by atoms with Crippen LogP contribution < -0.4 is 10.1 Å². The molecule has 37 heavy (non-hydrogen) atoms. The van der Waals surface area contributed by atoms with Crippen molar-refractivity contribution >= 4 is 62.5 Å². The summed E-state index contributed by atoms with van der Waals surface area (Å²) in [6.07, 6.45) is 1.09. The number of halogens is 4. The van der Waals surface area contributed by atoms with Crippen LogP contribution in [0.15, 0.2) is 71.2 Å². The van der Waals surface area contributed by atoms with Crippen LogP contribution in [-0.2, 0) is 22.6 Å². The van der Waals surface area contributed by atoms with Crippen molar-refractivity contribution in [1.29, 1.82) is 0 Å². The monoisotopic (exact) mass is 624 g/mol. The van der Waals surface area contributed by atoms with Gasteiger partial charge in [0, 0.05) is 23.5 Å². The van der Waals surface area contributed by atoms with E-state index in [4.69, 9.17) is 39.5 Å². The first-order valence-corrected chi connectivity index (χ1v) is 13.8. The van der Waals surface area contributed by atoms with E-state index >= 15 is 0 Å². The Hall–Kier alpha value is -2.25. The molecular weight excluding hydrogens is 599 g/mol. The maximum absolute atomic E-state index is 13.7. The molecule has 0 unspecified atom stereocenters. The summed E-state index contributed by atoms with van der Waals surface area (Å²) in [6, 6.07) is 19.0. The SMILES string of the molecule is CC[C@@H](C)NC(=O)[C@H](Cc1ccccc1)N(Cc1ccc(Cl)c(Cl)c1)C(=O)COc1ccc(Br)cc1Cl. The fraction of sp³-hybridized carbons (Fsp3) is 0.286. The topological polar surface area (TPSA) is 58.6 Å². The van der Waals surface area contributed by atoms with Gasteiger partial charge in [-0.1, -0.05) is 94.1 Å². The quantitative estimate of drug-likeness (QED) is 0.242. The summed E-state index contributed by atoms with van der Waals surface area (Å²) in [6.45, 7) is 3.76. The zero-order valence-corrected chi connectivity index (χ0v) is 24.4. The third-order valence-corrected chi connectivity index (χ3v) is 7.38. The molecule has 0 radical (unpaired) electrons. The van der Waals surface area contributed by atoms with Crippen LogP contribution in [0.1, 0.15) is 31.4 Å². The van der Waals surface area contributed by atoms with Crippen molar-refractivity contribution < 1.29 is 14.3 Å². The van der Waals surface area contributed by atoms with E-state index in [1.165, 1.54) is 4.90 Å². The summed E-state index contributed by atoms with van der Waals surface area (Å²) < 4.78 is 6.57. The third kappa shape index (κ3) is 8.64. The molecule has 3 aromatic carbocycles. The minimum absolute atomic E-state index is 0.0504. The standard InChI is InChI=1S/C28H28BrCl3N2O3/c1-3-18(2)33-28(36)25(14-19-7-5-4-6-8-19)34(16-20-9-11-22(30)23(31)13-20)27(35)17-37-26-12-10-21(29)15-24(26)32/h4-13,15,18,25H,3,14,16-17H2,1-2H3,(H,33,36)/t18-,25+/m1/s1. The largest absolute Gasteiger partial charge is 0.482 e. The summed E-state index contributed by atoms with van der Waals surface area (Å²) in [5, 5.41) is 4.18. The molecule has 1 N–H and O–H groups in total. The zero-order valence-electron chi connectivity index (χ0n) is 20.5. The Labute approximate surface area is 241 Å². The molecule has 9 heteroatoms. The van der Waals surface area contributed by atoms with Gasteiger partial charge in [0.2, 0.25) is 5.91 Å². The van der Waals surface area contributed by atoms with E-state index in [0.717, 1.165) is 22.0 Å². The Balaban J connectivity index is 1.94. The van der Waals surface area contributed by atoms with E-state index in [0.29, 0.717) is 27.2 Å².